The molecule has 0 rings (SSSR count). The zero-order valence-corrected chi connectivity index (χ0v) is 6.48. The molecular formula is C7H18N2. The van der Waals surface area contributed by atoms with Crippen molar-refractivity contribution in [1.82, 2.24) is 5.32 Å². The summed E-state index contributed by atoms with van der Waals surface area (Å²) in [6.07, 6.45) is 2.57. The molecule has 2 nitrogen and oxygen atoms in total. The summed E-state index contributed by atoms with van der Waals surface area (Å²) in [5, 5.41) is 3.11. The second kappa shape index (κ2) is 6.05. The predicted molar refractivity (Wildman–Crippen MR) is 41.1 cm³/mol. The lowest BCUT2D eigenvalue weighted by Crippen LogP contribution is -2.27. The zero-order chi connectivity index (χ0) is 7.11. The number of nitrogens with one attached hydrogen (secondary N) is 1. The normalized spacial score (nSPS) is 13.7. The van der Waals surface area contributed by atoms with Crippen LogP contribution in [-0.4, -0.2) is 13.2 Å². The molecule has 0 aromatic heterocycles. The van der Waals surface area contributed by atoms with Crippen molar-refractivity contribution in [2.24, 2.45) is 11.7 Å². The molecule has 0 aliphatic carbocycles. The van der Waals surface area contributed by atoms with E-state index in [1.165, 1.54) is 12.8 Å². The third-order valence-electron chi connectivity index (χ3n) is 1.42. The number of rotatable bonds is 5. The highest BCUT2D eigenvalue weighted by molar-refractivity contribution is 4.53. The first kappa shape index (κ1) is 8.92. The molecule has 0 saturated heterocycles. The van der Waals surface area contributed by atoms with E-state index in [1.807, 2.05) is 0 Å². The summed E-state index contributed by atoms with van der Waals surface area (Å²) >= 11 is 0. The van der Waals surface area contributed by atoms with Gasteiger partial charge in [0, 0.05) is 6.67 Å². The van der Waals surface area contributed by atoms with Gasteiger partial charge in [-0.05, 0) is 18.9 Å². The van der Waals surface area contributed by atoms with Crippen molar-refractivity contribution in [2.75, 3.05) is 13.2 Å². The average molecular weight is 130 g/mol. The molecule has 0 aliphatic rings. The molecule has 0 fully saturated rings. The average Bonchev–Trinajstić information content (AvgIpc) is 1.85. The quantitative estimate of drug-likeness (QED) is 0.543. The van der Waals surface area contributed by atoms with Crippen LogP contribution in [0.15, 0.2) is 0 Å². The van der Waals surface area contributed by atoms with Crippen molar-refractivity contribution >= 4 is 0 Å². The Morgan fingerprint density at radius 2 is 2.22 bits per heavy atom. The van der Waals surface area contributed by atoms with E-state index in [0.29, 0.717) is 6.67 Å². The van der Waals surface area contributed by atoms with Crippen LogP contribution in [0.3, 0.4) is 0 Å². The second-order valence-corrected chi connectivity index (χ2v) is 2.55. The Morgan fingerprint density at radius 3 is 2.67 bits per heavy atom. The number of hydrogen-bond acceptors (Lipinski definition) is 2. The van der Waals surface area contributed by atoms with Crippen LogP contribution in [0.2, 0.25) is 0 Å². The molecule has 0 heterocycles. The third-order valence-corrected chi connectivity index (χ3v) is 1.42. The number of nitrogens with two attached hydrogens (primary N) is 1. The van der Waals surface area contributed by atoms with Crippen molar-refractivity contribution in [2.45, 2.75) is 26.7 Å². The molecule has 0 aromatic carbocycles. The highest BCUT2D eigenvalue weighted by Crippen LogP contribution is 2.01. The highest BCUT2D eigenvalue weighted by Gasteiger charge is 1.96. The standard InChI is InChI=1S/C7H18N2/c1-3-4-7(2)5-9-6-8/h7,9H,3-6,8H2,1-2H3. The first-order chi connectivity index (χ1) is 4.31. The maximum atomic E-state index is 5.26. The Balaban J connectivity index is 2.95. The zero-order valence-electron chi connectivity index (χ0n) is 6.48. The molecule has 0 amide bonds. The van der Waals surface area contributed by atoms with Crippen molar-refractivity contribution < 1.29 is 0 Å². The van der Waals surface area contributed by atoms with Crippen LogP contribution < -0.4 is 11.1 Å². The van der Waals surface area contributed by atoms with Gasteiger partial charge in [0.25, 0.3) is 0 Å². The summed E-state index contributed by atoms with van der Waals surface area (Å²) in [7, 11) is 0. The summed E-state index contributed by atoms with van der Waals surface area (Å²) in [6, 6.07) is 0. The van der Waals surface area contributed by atoms with E-state index in [9.17, 15) is 0 Å². The van der Waals surface area contributed by atoms with Gasteiger partial charge in [0.1, 0.15) is 0 Å². The Kier molecular flexibility index (Phi) is 5.99. The van der Waals surface area contributed by atoms with Crippen molar-refractivity contribution in [3.8, 4) is 0 Å². The van der Waals surface area contributed by atoms with Gasteiger partial charge < -0.3 is 11.1 Å². The van der Waals surface area contributed by atoms with Gasteiger partial charge in [-0.15, -0.1) is 0 Å². The van der Waals surface area contributed by atoms with E-state index in [0.717, 1.165) is 12.5 Å². The van der Waals surface area contributed by atoms with Crippen LogP contribution in [0.1, 0.15) is 26.7 Å². The van der Waals surface area contributed by atoms with E-state index in [4.69, 9.17) is 5.73 Å². The van der Waals surface area contributed by atoms with Gasteiger partial charge in [-0.1, -0.05) is 20.3 Å². The summed E-state index contributed by atoms with van der Waals surface area (Å²) < 4.78 is 0. The van der Waals surface area contributed by atoms with Crippen LogP contribution in [-0.2, 0) is 0 Å². The topological polar surface area (TPSA) is 38.0 Å². The first-order valence-electron chi connectivity index (χ1n) is 3.72. The minimum Gasteiger partial charge on any atom is -0.318 e. The van der Waals surface area contributed by atoms with E-state index in [-0.39, 0.29) is 0 Å². The van der Waals surface area contributed by atoms with E-state index >= 15 is 0 Å². The second-order valence-electron chi connectivity index (χ2n) is 2.55. The van der Waals surface area contributed by atoms with Crippen LogP contribution in [0.4, 0.5) is 0 Å². The summed E-state index contributed by atoms with van der Waals surface area (Å²) in [5.41, 5.74) is 5.26. The fourth-order valence-electron chi connectivity index (χ4n) is 0.925. The van der Waals surface area contributed by atoms with Gasteiger partial charge in [-0.25, -0.2) is 0 Å². The molecule has 0 bridgehead atoms. The van der Waals surface area contributed by atoms with Crippen molar-refractivity contribution in [3.05, 3.63) is 0 Å². The highest BCUT2D eigenvalue weighted by atomic mass is 14.9. The molecule has 2 heteroatoms. The molecule has 0 radical (unpaired) electrons. The van der Waals surface area contributed by atoms with Crippen molar-refractivity contribution in [1.29, 1.82) is 0 Å². The molecular weight excluding hydrogens is 112 g/mol. The minimum absolute atomic E-state index is 0.605. The predicted octanol–water partition coefficient (Wildman–Crippen LogP) is 0.928. The molecule has 0 spiro atoms. The van der Waals surface area contributed by atoms with E-state index in [1.54, 1.807) is 0 Å². The maximum Gasteiger partial charge on any atom is 0.0428 e. The fraction of sp³-hybridized carbons (Fsp3) is 1.00. The summed E-state index contributed by atoms with van der Waals surface area (Å²) in [5.74, 6) is 0.776. The molecule has 0 aromatic rings. The van der Waals surface area contributed by atoms with Gasteiger partial charge in [-0.2, -0.15) is 0 Å². The van der Waals surface area contributed by atoms with Crippen LogP contribution in [0, 0.1) is 5.92 Å². The molecule has 0 aliphatic heterocycles. The Hall–Kier alpha value is -0.0800. The first-order valence-corrected chi connectivity index (χ1v) is 3.72. The maximum absolute atomic E-state index is 5.26. The smallest absolute Gasteiger partial charge is 0.0428 e. The Bertz CT molecular complexity index is 54.9. The van der Waals surface area contributed by atoms with Crippen LogP contribution >= 0.6 is 0 Å². The van der Waals surface area contributed by atoms with Gasteiger partial charge in [0.15, 0.2) is 0 Å². The molecule has 1 atom stereocenters. The minimum atomic E-state index is 0.605. The Morgan fingerprint density at radius 1 is 1.56 bits per heavy atom. The summed E-state index contributed by atoms with van der Waals surface area (Å²) in [6.45, 7) is 6.11. The fourth-order valence-corrected chi connectivity index (χ4v) is 0.925. The van der Waals surface area contributed by atoms with Gasteiger partial charge >= 0.3 is 0 Å². The van der Waals surface area contributed by atoms with Gasteiger partial charge in [0.05, 0.1) is 0 Å². The molecule has 56 valence electrons. The van der Waals surface area contributed by atoms with Crippen LogP contribution in [0.25, 0.3) is 0 Å². The SMILES string of the molecule is CCCC(C)CNCN. The molecule has 0 saturated carbocycles. The molecule has 9 heavy (non-hydrogen) atoms. The van der Waals surface area contributed by atoms with E-state index < -0.39 is 0 Å². The van der Waals surface area contributed by atoms with Crippen molar-refractivity contribution in [3.63, 3.8) is 0 Å². The third kappa shape index (κ3) is 5.80. The number of hydrogen-bond donors (Lipinski definition) is 2. The summed E-state index contributed by atoms with van der Waals surface area (Å²) in [4.78, 5) is 0. The van der Waals surface area contributed by atoms with Gasteiger partial charge in [-0.3, -0.25) is 0 Å². The van der Waals surface area contributed by atoms with Gasteiger partial charge in [0.2, 0.25) is 0 Å². The molecule has 3 N–H and O–H groups in total. The van der Waals surface area contributed by atoms with Crippen LogP contribution in [0.5, 0.6) is 0 Å². The monoisotopic (exact) mass is 130 g/mol. The lowest BCUT2D eigenvalue weighted by Gasteiger charge is -2.08. The lowest BCUT2D eigenvalue weighted by molar-refractivity contribution is 0.481. The van der Waals surface area contributed by atoms with E-state index in [2.05, 4.69) is 19.2 Å². The Labute approximate surface area is 57.8 Å². The largest absolute Gasteiger partial charge is 0.318 e. The molecule has 1 unspecified atom stereocenters. The lowest BCUT2D eigenvalue weighted by atomic mass is 10.1.